The Morgan fingerprint density at radius 3 is 1.62 bits per heavy atom. The maximum absolute atomic E-state index is 12.6. The first-order valence-corrected chi connectivity index (χ1v) is 12.0. The number of hydrogen-bond acceptors (Lipinski definition) is 4. The highest BCUT2D eigenvalue weighted by Crippen LogP contribution is 2.16. The van der Waals surface area contributed by atoms with Crippen LogP contribution in [0.3, 0.4) is 0 Å². The molecule has 34 heavy (non-hydrogen) atoms. The molecule has 0 aliphatic heterocycles. The van der Waals surface area contributed by atoms with E-state index in [1.807, 2.05) is 90.1 Å². The fourth-order valence-electron chi connectivity index (χ4n) is 3.62. The monoisotopic (exact) mass is 468 g/mol. The molecule has 2 unspecified atom stereocenters. The van der Waals surface area contributed by atoms with Gasteiger partial charge < -0.3 is 20.1 Å². The summed E-state index contributed by atoms with van der Waals surface area (Å²) in [5.74, 6) is 0. The summed E-state index contributed by atoms with van der Waals surface area (Å²) in [7, 11) is 0. The quantitative estimate of drug-likeness (QED) is 0.470. The zero-order valence-electron chi connectivity index (χ0n) is 21.4. The summed E-state index contributed by atoms with van der Waals surface area (Å²) < 4.78 is 11.0. The molecule has 0 aliphatic rings. The Balaban J connectivity index is 2.17. The topological polar surface area (TPSA) is 76.7 Å². The van der Waals surface area contributed by atoms with Crippen LogP contribution in [0.15, 0.2) is 60.7 Å². The van der Waals surface area contributed by atoms with E-state index in [1.165, 1.54) is 5.56 Å². The lowest BCUT2D eigenvalue weighted by atomic mass is 9.95. The number of ether oxygens (including phenoxy) is 2. The van der Waals surface area contributed by atoms with Gasteiger partial charge in [0.2, 0.25) is 0 Å². The fraction of sp³-hybridized carbons (Fsp3) is 0.500. The number of aryl methyl sites for hydroxylation is 1. The molecule has 2 aromatic rings. The summed E-state index contributed by atoms with van der Waals surface area (Å²) in [6.45, 7) is 11.0. The normalized spacial score (nSPS) is 13.5. The summed E-state index contributed by atoms with van der Waals surface area (Å²) in [5, 5.41) is 6.05. The number of rotatable bonds is 9. The Labute approximate surface area is 204 Å². The van der Waals surface area contributed by atoms with Gasteiger partial charge >= 0.3 is 12.2 Å². The Hall–Kier alpha value is -3.02. The molecule has 6 nitrogen and oxygen atoms in total. The van der Waals surface area contributed by atoms with Crippen LogP contribution in [-0.2, 0) is 22.3 Å². The minimum Gasteiger partial charge on any atom is -0.444 e. The SMILES string of the molecule is CC(C)(C)OC(=O)NC(CCc1ccccc1)CC(Cc1ccccc1)NC(=O)OC(C)(C)C. The van der Waals surface area contributed by atoms with Gasteiger partial charge in [-0.2, -0.15) is 0 Å². The van der Waals surface area contributed by atoms with Gasteiger partial charge in [-0.3, -0.25) is 0 Å². The molecule has 2 amide bonds. The Bertz CT molecular complexity index is 886. The maximum atomic E-state index is 12.6. The highest BCUT2D eigenvalue weighted by atomic mass is 16.6. The van der Waals surface area contributed by atoms with E-state index in [-0.39, 0.29) is 12.1 Å². The first-order chi connectivity index (χ1) is 15.9. The lowest BCUT2D eigenvalue weighted by Crippen LogP contribution is -2.46. The van der Waals surface area contributed by atoms with Crippen LogP contribution >= 0.6 is 0 Å². The highest BCUT2D eigenvalue weighted by Gasteiger charge is 2.25. The Morgan fingerprint density at radius 1 is 0.706 bits per heavy atom. The number of benzene rings is 2. The van der Waals surface area contributed by atoms with Crippen LogP contribution in [0.4, 0.5) is 9.59 Å². The van der Waals surface area contributed by atoms with Crippen molar-refractivity contribution in [3.8, 4) is 0 Å². The zero-order valence-corrected chi connectivity index (χ0v) is 21.4. The van der Waals surface area contributed by atoms with E-state index in [0.29, 0.717) is 19.3 Å². The fourth-order valence-corrected chi connectivity index (χ4v) is 3.62. The van der Waals surface area contributed by atoms with E-state index in [2.05, 4.69) is 22.8 Å². The van der Waals surface area contributed by atoms with Gasteiger partial charge in [0, 0.05) is 12.1 Å². The predicted octanol–water partition coefficient (Wildman–Crippen LogP) is 6.04. The van der Waals surface area contributed by atoms with Crippen LogP contribution in [0, 0.1) is 0 Å². The average molecular weight is 469 g/mol. The van der Waals surface area contributed by atoms with Gasteiger partial charge in [-0.15, -0.1) is 0 Å². The van der Waals surface area contributed by atoms with Crippen molar-refractivity contribution in [1.29, 1.82) is 0 Å². The number of carbonyl (C=O) groups excluding carboxylic acids is 2. The van der Waals surface area contributed by atoms with Gasteiger partial charge in [0.05, 0.1) is 0 Å². The molecule has 0 bridgehead atoms. The number of alkyl carbamates (subject to hydrolysis) is 2. The summed E-state index contributed by atoms with van der Waals surface area (Å²) in [6.07, 6.45) is 1.75. The molecule has 2 rings (SSSR count). The molecular weight excluding hydrogens is 428 g/mol. The molecule has 0 saturated heterocycles. The molecule has 0 aliphatic carbocycles. The summed E-state index contributed by atoms with van der Waals surface area (Å²) in [6, 6.07) is 19.7. The molecule has 2 N–H and O–H groups in total. The van der Waals surface area contributed by atoms with Gasteiger partial charge in [-0.1, -0.05) is 60.7 Å². The van der Waals surface area contributed by atoms with Gasteiger partial charge in [-0.25, -0.2) is 9.59 Å². The van der Waals surface area contributed by atoms with Gasteiger partial charge in [-0.05, 0) is 78.4 Å². The first kappa shape index (κ1) is 27.2. The van der Waals surface area contributed by atoms with Crippen LogP contribution in [0.2, 0.25) is 0 Å². The molecule has 0 aromatic heterocycles. The van der Waals surface area contributed by atoms with E-state index in [1.54, 1.807) is 0 Å². The lowest BCUT2D eigenvalue weighted by Gasteiger charge is -2.28. The molecule has 0 spiro atoms. The third-order valence-electron chi connectivity index (χ3n) is 4.96. The van der Waals surface area contributed by atoms with Crippen LogP contribution < -0.4 is 10.6 Å². The molecule has 2 atom stereocenters. The van der Waals surface area contributed by atoms with Crippen LogP contribution in [0.1, 0.15) is 65.5 Å². The minimum absolute atomic E-state index is 0.196. The molecule has 186 valence electrons. The minimum atomic E-state index is -0.594. The van der Waals surface area contributed by atoms with Crippen molar-refractivity contribution in [2.75, 3.05) is 0 Å². The van der Waals surface area contributed by atoms with Crippen molar-refractivity contribution >= 4 is 12.2 Å². The number of carbonyl (C=O) groups is 2. The summed E-state index contributed by atoms with van der Waals surface area (Å²) in [4.78, 5) is 25.2. The molecule has 6 heteroatoms. The second-order valence-electron chi connectivity index (χ2n) is 10.6. The number of nitrogens with one attached hydrogen (secondary N) is 2. The smallest absolute Gasteiger partial charge is 0.407 e. The second-order valence-corrected chi connectivity index (χ2v) is 10.6. The molecule has 0 saturated carbocycles. The third-order valence-corrected chi connectivity index (χ3v) is 4.96. The average Bonchev–Trinajstić information content (AvgIpc) is 2.70. The van der Waals surface area contributed by atoms with Crippen molar-refractivity contribution in [2.45, 2.75) is 90.5 Å². The van der Waals surface area contributed by atoms with E-state index < -0.39 is 23.4 Å². The van der Waals surface area contributed by atoms with Crippen LogP contribution in [-0.4, -0.2) is 35.5 Å². The molecular formula is C28H40N2O4. The highest BCUT2D eigenvalue weighted by molar-refractivity contribution is 5.69. The van der Waals surface area contributed by atoms with E-state index in [4.69, 9.17) is 9.47 Å². The largest absolute Gasteiger partial charge is 0.444 e. The van der Waals surface area contributed by atoms with Crippen LogP contribution in [0.25, 0.3) is 0 Å². The molecule has 0 heterocycles. The van der Waals surface area contributed by atoms with E-state index in [9.17, 15) is 9.59 Å². The molecule has 0 fully saturated rings. The van der Waals surface area contributed by atoms with Gasteiger partial charge in [0.25, 0.3) is 0 Å². The van der Waals surface area contributed by atoms with E-state index >= 15 is 0 Å². The van der Waals surface area contributed by atoms with Crippen LogP contribution in [0.5, 0.6) is 0 Å². The maximum Gasteiger partial charge on any atom is 0.407 e. The molecule has 0 radical (unpaired) electrons. The summed E-state index contributed by atoms with van der Waals surface area (Å²) in [5.41, 5.74) is 1.11. The van der Waals surface area contributed by atoms with Crippen molar-refractivity contribution in [2.24, 2.45) is 0 Å². The van der Waals surface area contributed by atoms with Gasteiger partial charge in [0.15, 0.2) is 0 Å². The third kappa shape index (κ3) is 11.7. The van der Waals surface area contributed by atoms with E-state index in [0.717, 1.165) is 12.0 Å². The number of hydrogen-bond donors (Lipinski definition) is 2. The zero-order chi connectivity index (χ0) is 25.2. The number of amides is 2. The lowest BCUT2D eigenvalue weighted by molar-refractivity contribution is 0.0481. The first-order valence-electron chi connectivity index (χ1n) is 12.0. The van der Waals surface area contributed by atoms with Crippen molar-refractivity contribution in [3.05, 3.63) is 71.8 Å². The van der Waals surface area contributed by atoms with Crippen molar-refractivity contribution < 1.29 is 19.1 Å². The molecule has 2 aromatic carbocycles. The van der Waals surface area contributed by atoms with Crippen molar-refractivity contribution in [1.82, 2.24) is 10.6 Å². The second kappa shape index (κ2) is 12.4. The Kier molecular flexibility index (Phi) is 9.97. The standard InChI is InChI=1S/C28H40N2O4/c1-27(2,3)33-25(31)29-23(18-17-21-13-9-7-10-14-21)20-24(19-22-15-11-8-12-16-22)30-26(32)34-28(4,5)6/h7-16,23-24H,17-20H2,1-6H3,(H,29,31)(H,30,32). The Morgan fingerprint density at radius 2 is 1.15 bits per heavy atom. The summed E-state index contributed by atoms with van der Waals surface area (Å²) >= 11 is 0. The predicted molar refractivity (Wildman–Crippen MR) is 136 cm³/mol. The van der Waals surface area contributed by atoms with Crippen molar-refractivity contribution in [3.63, 3.8) is 0 Å². The van der Waals surface area contributed by atoms with Gasteiger partial charge in [0.1, 0.15) is 11.2 Å².